The summed E-state index contributed by atoms with van der Waals surface area (Å²) in [7, 11) is -3.98. The van der Waals surface area contributed by atoms with E-state index in [-0.39, 0.29) is 6.61 Å². The van der Waals surface area contributed by atoms with Crippen molar-refractivity contribution < 1.29 is 32.3 Å². The van der Waals surface area contributed by atoms with Gasteiger partial charge >= 0.3 is 7.82 Å². The van der Waals surface area contributed by atoms with Crippen molar-refractivity contribution in [2.24, 2.45) is 0 Å². The molecular formula is C31H39N4O7P. The van der Waals surface area contributed by atoms with Crippen molar-refractivity contribution in [3.8, 4) is 11.3 Å². The first-order chi connectivity index (χ1) is 20.1. The molecule has 230 valence electrons. The summed E-state index contributed by atoms with van der Waals surface area (Å²) in [5.41, 5.74) is 1.37. The van der Waals surface area contributed by atoms with Crippen LogP contribution in [-0.2, 0) is 32.3 Å². The quantitative estimate of drug-likeness (QED) is 0.206. The molecule has 2 aromatic heterocycles. The molecular weight excluding hydrogens is 571 g/mol. The number of phosphoric acid groups is 1. The monoisotopic (exact) mass is 610 g/mol. The Labute approximate surface area is 251 Å². The van der Waals surface area contributed by atoms with Gasteiger partial charge in [0, 0.05) is 5.56 Å². The molecule has 2 fully saturated rings. The second kappa shape index (κ2) is 10.7. The summed E-state index contributed by atoms with van der Waals surface area (Å²) in [6, 6.07) is 14.3. The summed E-state index contributed by atoms with van der Waals surface area (Å²) in [5.74, 6) is -0.872. The predicted octanol–water partition coefficient (Wildman–Crippen LogP) is 6.82. The maximum Gasteiger partial charge on any atom is 0.475 e. The van der Waals surface area contributed by atoms with Gasteiger partial charge in [0.05, 0.1) is 24.1 Å². The van der Waals surface area contributed by atoms with E-state index in [1.807, 2.05) is 42.7 Å². The molecule has 0 unspecified atom stereocenters. The third kappa shape index (κ3) is 6.26. The van der Waals surface area contributed by atoms with Crippen LogP contribution < -0.4 is 0 Å². The minimum absolute atomic E-state index is 0.108. The highest BCUT2D eigenvalue weighted by Crippen LogP contribution is 2.56. The van der Waals surface area contributed by atoms with Crippen LogP contribution in [0.4, 0.5) is 0 Å². The Morgan fingerprint density at radius 2 is 1.58 bits per heavy atom. The maximum absolute atomic E-state index is 13.7. The van der Waals surface area contributed by atoms with Gasteiger partial charge in [-0.1, -0.05) is 42.5 Å². The van der Waals surface area contributed by atoms with Gasteiger partial charge in [-0.15, -0.1) is 0 Å². The Morgan fingerprint density at radius 1 is 0.907 bits per heavy atom. The van der Waals surface area contributed by atoms with E-state index in [0.29, 0.717) is 11.2 Å². The Balaban J connectivity index is 1.32. The first kappa shape index (κ1) is 30.3. The highest BCUT2D eigenvalue weighted by Gasteiger charge is 2.57. The van der Waals surface area contributed by atoms with Crippen molar-refractivity contribution in [2.75, 3.05) is 6.61 Å². The van der Waals surface area contributed by atoms with Crippen molar-refractivity contribution >= 4 is 29.8 Å². The van der Waals surface area contributed by atoms with Crippen molar-refractivity contribution in [1.82, 2.24) is 19.5 Å². The minimum Gasteiger partial charge on any atom is -0.347 e. The van der Waals surface area contributed by atoms with Gasteiger partial charge in [-0.25, -0.2) is 19.5 Å². The van der Waals surface area contributed by atoms with Crippen molar-refractivity contribution in [3.05, 3.63) is 55.1 Å². The fourth-order valence-corrected chi connectivity index (χ4v) is 7.41. The number of rotatable bonds is 7. The molecule has 0 amide bonds. The van der Waals surface area contributed by atoms with Gasteiger partial charge in [-0.3, -0.25) is 18.1 Å². The smallest absolute Gasteiger partial charge is 0.347 e. The molecule has 4 aromatic rings. The van der Waals surface area contributed by atoms with Gasteiger partial charge in [0.15, 0.2) is 17.7 Å². The molecule has 0 aliphatic carbocycles. The summed E-state index contributed by atoms with van der Waals surface area (Å²) in [6.07, 6.45) is 0.896. The summed E-state index contributed by atoms with van der Waals surface area (Å²) in [6.45, 7) is 14.4. The fraction of sp³-hybridized carbons (Fsp3) is 0.516. The highest BCUT2D eigenvalue weighted by molar-refractivity contribution is 7.48. The van der Waals surface area contributed by atoms with Crippen LogP contribution in [0.15, 0.2) is 55.1 Å². The first-order valence-corrected chi connectivity index (χ1v) is 15.9. The predicted molar refractivity (Wildman–Crippen MR) is 161 cm³/mol. The van der Waals surface area contributed by atoms with Crippen LogP contribution >= 0.6 is 7.82 Å². The van der Waals surface area contributed by atoms with Gasteiger partial charge in [0.1, 0.15) is 35.8 Å². The molecule has 0 saturated carbocycles. The molecule has 0 radical (unpaired) electrons. The number of ether oxygens (including phenoxy) is 3. The topological polar surface area (TPSA) is 116 Å². The zero-order chi connectivity index (χ0) is 30.8. The van der Waals surface area contributed by atoms with Crippen LogP contribution in [0.1, 0.15) is 61.6 Å². The molecule has 11 nitrogen and oxygen atoms in total. The van der Waals surface area contributed by atoms with Crippen LogP contribution in [0.25, 0.3) is 33.2 Å². The molecule has 2 aliphatic heterocycles. The third-order valence-corrected chi connectivity index (χ3v) is 8.98. The summed E-state index contributed by atoms with van der Waals surface area (Å²) in [5, 5.41) is 2.18. The second-order valence-corrected chi connectivity index (χ2v) is 14.9. The summed E-state index contributed by atoms with van der Waals surface area (Å²) in [4.78, 5) is 13.9. The van der Waals surface area contributed by atoms with E-state index in [4.69, 9.17) is 32.8 Å². The molecule has 0 spiro atoms. The molecule has 2 saturated heterocycles. The number of benzene rings is 2. The molecule has 0 N–H and O–H groups in total. The standard InChI is InChI=1S/C31H39N4O7P/c1-29(2,3)41-43(36,42-30(4,5)6)37-16-22-25-26(40-31(7,8)39-25)28(38-22)35-18-34-24-23(32-17-33-27(24)35)21-15-11-13-19-12-9-10-14-20(19)21/h9-15,17-18,22,25-26,28H,16H2,1-8H3/t22-,25-,26-,28-/m1/s1. The lowest BCUT2D eigenvalue weighted by Crippen LogP contribution is -2.33. The zero-order valence-electron chi connectivity index (χ0n) is 25.8. The van der Waals surface area contributed by atoms with Gasteiger partial charge < -0.3 is 14.2 Å². The fourth-order valence-electron chi connectivity index (χ4n) is 5.59. The Bertz CT molecular complexity index is 1670. The average Bonchev–Trinajstić information content (AvgIpc) is 3.55. The van der Waals surface area contributed by atoms with Gasteiger partial charge in [-0.05, 0) is 66.2 Å². The number of hydrogen-bond donors (Lipinski definition) is 0. The van der Waals surface area contributed by atoms with E-state index in [1.165, 1.54) is 6.33 Å². The minimum atomic E-state index is -3.98. The molecule has 6 rings (SSSR count). The van der Waals surface area contributed by atoms with Crippen molar-refractivity contribution in [3.63, 3.8) is 0 Å². The summed E-state index contributed by atoms with van der Waals surface area (Å²) >= 11 is 0. The molecule has 12 heteroatoms. The third-order valence-electron chi connectivity index (χ3n) is 6.97. The van der Waals surface area contributed by atoms with Crippen molar-refractivity contribution in [1.29, 1.82) is 0 Å². The van der Waals surface area contributed by atoms with E-state index >= 15 is 0 Å². The van der Waals surface area contributed by atoms with E-state index in [1.54, 1.807) is 47.9 Å². The molecule has 43 heavy (non-hydrogen) atoms. The summed E-state index contributed by atoms with van der Waals surface area (Å²) < 4.78 is 52.2. The number of aromatic nitrogens is 4. The van der Waals surface area contributed by atoms with E-state index in [2.05, 4.69) is 28.2 Å². The Hall–Kier alpha value is -2.76. The SMILES string of the molecule is CC(C)(C)OP(=O)(OC[C@H]1O[C@@H](n2cnc3c(-c4cccc5ccccc45)ncnc32)[C@@H]2OC(C)(C)O[C@@H]21)OC(C)(C)C. The normalized spacial score (nSPS) is 24.2. The number of fused-ring (bicyclic) bond motifs is 3. The van der Waals surface area contributed by atoms with Crippen LogP contribution in [0.3, 0.4) is 0 Å². The second-order valence-electron chi connectivity index (χ2n) is 13.4. The van der Waals surface area contributed by atoms with E-state index in [9.17, 15) is 4.57 Å². The number of phosphoric ester groups is 1. The number of hydrogen-bond acceptors (Lipinski definition) is 10. The lowest BCUT2D eigenvalue weighted by atomic mass is 10.0. The van der Waals surface area contributed by atoms with Crippen LogP contribution in [0.2, 0.25) is 0 Å². The van der Waals surface area contributed by atoms with Crippen LogP contribution in [0, 0.1) is 0 Å². The van der Waals surface area contributed by atoms with E-state index < -0.39 is 49.4 Å². The molecule has 2 aliphatic rings. The highest BCUT2D eigenvalue weighted by atomic mass is 31.2. The van der Waals surface area contributed by atoms with Crippen molar-refractivity contribution in [2.45, 2.75) is 96.9 Å². The Morgan fingerprint density at radius 3 is 2.30 bits per heavy atom. The van der Waals surface area contributed by atoms with Gasteiger partial charge in [0.25, 0.3) is 0 Å². The Kier molecular flexibility index (Phi) is 7.53. The molecule has 4 heterocycles. The maximum atomic E-state index is 13.7. The number of nitrogens with zero attached hydrogens (tertiary/aromatic N) is 4. The zero-order valence-corrected chi connectivity index (χ0v) is 26.7. The first-order valence-electron chi connectivity index (χ1n) is 14.4. The van der Waals surface area contributed by atoms with Crippen LogP contribution in [0.5, 0.6) is 0 Å². The van der Waals surface area contributed by atoms with Gasteiger partial charge in [-0.2, -0.15) is 0 Å². The largest absolute Gasteiger partial charge is 0.475 e. The van der Waals surface area contributed by atoms with E-state index in [0.717, 1.165) is 22.0 Å². The lowest BCUT2D eigenvalue weighted by molar-refractivity contribution is -0.199. The van der Waals surface area contributed by atoms with Gasteiger partial charge in [0.2, 0.25) is 0 Å². The molecule has 2 aromatic carbocycles. The average molecular weight is 611 g/mol. The molecule has 4 atom stereocenters. The number of imidazole rings is 1. The molecule has 0 bridgehead atoms. The van der Waals surface area contributed by atoms with Crippen LogP contribution in [-0.4, -0.2) is 61.4 Å². The lowest BCUT2D eigenvalue weighted by Gasteiger charge is -2.32.